The predicted octanol–water partition coefficient (Wildman–Crippen LogP) is 0.857. The number of nitrogens with zero attached hydrogens (tertiary/aromatic N) is 3. The lowest BCUT2D eigenvalue weighted by molar-refractivity contribution is 0.0940. The van der Waals surface area contributed by atoms with Crippen molar-refractivity contribution < 1.29 is 4.79 Å². The summed E-state index contributed by atoms with van der Waals surface area (Å²) in [5, 5.41) is 7.08. The van der Waals surface area contributed by atoms with Gasteiger partial charge in [0.05, 0.1) is 0 Å². The number of hydrogen-bond donors (Lipinski definition) is 1. The molecule has 0 atom stereocenters. The fraction of sp³-hybridized carbons (Fsp3) is 0.308. The van der Waals surface area contributed by atoms with Crippen LogP contribution in [0.5, 0.6) is 0 Å². The van der Waals surface area contributed by atoms with E-state index >= 15 is 0 Å². The minimum Gasteiger partial charge on any atom is -0.354 e. The molecule has 3 rings (SSSR count). The van der Waals surface area contributed by atoms with Crippen molar-refractivity contribution in [3.8, 4) is 0 Å². The largest absolute Gasteiger partial charge is 0.355 e. The first-order valence-corrected chi connectivity index (χ1v) is 6.22. The molecule has 2 aromatic rings. The van der Waals surface area contributed by atoms with Gasteiger partial charge in [-0.25, -0.2) is 4.79 Å². The Morgan fingerprint density at radius 1 is 1.42 bits per heavy atom. The van der Waals surface area contributed by atoms with Gasteiger partial charge in [0.2, 0.25) is 5.95 Å². The van der Waals surface area contributed by atoms with Gasteiger partial charge >= 0.3 is 5.69 Å². The molecule has 0 saturated heterocycles. The van der Waals surface area contributed by atoms with Gasteiger partial charge in [0.15, 0.2) is 0 Å². The Kier molecular flexibility index (Phi) is 2.70. The van der Waals surface area contributed by atoms with Crippen LogP contribution in [0.25, 0.3) is 0 Å². The summed E-state index contributed by atoms with van der Waals surface area (Å²) >= 11 is 0. The van der Waals surface area contributed by atoms with Crippen LogP contribution in [-0.2, 0) is 6.54 Å². The molecule has 0 aliphatic carbocycles. The van der Waals surface area contributed by atoms with Crippen LogP contribution in [-0.4, -0.2) is 26.8 Å². The van der Waals surface area contributed by atoms with Crippen molar-refractivity contribution in [2.75, 3.05) is 11.9 Å². The SMILES string of the molecule is Cc1cccc(C(=O)n2nc3n(c2=O)CCCN3)c1. The first-order valence-electron chi connectivity index (χ1n) is 6.22. The zero-order valence-electron chi connectivity index (χ0n) is 10.6. The second kappa shape index (κ2) is 4.38. The number of hydrogen-bond acceptors (Lipinski definition) is 4. The van der Waals surface area contributed by atoms with Crippen molar-refractivity contribution in [1.82, 2.24) is 14.3 Å². The second-order valence-corrected chi connectivity index (χ2v) is 4.62. The van der Waals surface area contributed by atoms with Crippen LogP contribution < -0.4 is 11.0 Å². The van der Waals surface area contributed by atoms with Crippen LogP contribution in [0.1, 0.15) is 22.3 Å². The predicted molar refractivity (Wildman–Crippen MR) is 70.5 cm³/mol. The van der Waals surface area contributed by atoms with Gasteiger partial charge in [-0.3, -0.25) is 9.36 Å². The van der Waals surface area contributed by atoms with E-state index < -0.39 is 5.91 Å². The maximum atomic E-state index is 12.3. The summed E-state index contributed by atoms with van der Waals surface area (Å²) in [6.07, 6.45) is 0.858. The van der Waals surface area contributed by atoms with Crippen molar-refractivity contribution in [3.05, 3.63) is 45.9 Å². The summed E-state index contributed by atoms with van der Waals surface area (Å²) in [7, 11) is 0. The van der Waals surface area contributed by atoms with Crippen LogP contribution >= 0.6 is 0 Å². The Morgan fingerprint density at radius 2 is 2.26 bits per heavy atom. The van der Waals surface area contributed by atoms with Gasteiger partial charge in [-0.2, -0.15) is 0 Å². The Balaban J connectivity index is 2.05. The number of aryl methyl sites for hydroxylation is 1. The smallest absolute Gasteiger partial charge is 0.354 e. The van der Waals surface area contributed by atoms with Gasteiger partial charge < -0.3 is 5.32 Å². The fourth-order valence-electron chi connectivity index (χ4n) is 2.20. The highest BCUT2D eigenvalue weighted by Crippen LogP contribution is 2.09. The summed E-state index contributed by atoms with van der Waals surface area (Å²) in [5.41, 5.74) is 1.06. The number of carbonyl (C=O) groups is 1. The molecular formula is C13H14N4O2. The van der Waals surface area contributed by atoms with Crippen LogP contribution in [0.4, 0.5) is 5.95 Å². The van der Waals surface area contributed by atoms with Crippen LogP contribution in [0.3, 0.4) is 0 Å². The van der Waals surface area contributed by atoms with Crippen molar-refractivity contribution in [3.63, 3.8) is 0 Å². The van der Waals surface area contributed by atoms with Gasteiger partial charge in [-0.15, -0.1) is 9.78 Å². The molecule has 1 N–H and O–H groups in total. The molecular weight excluding hydrogens is 244 g/mol. The zero-order chi connectivity index (χ0) is 13.4. The monoisotopic (exact) mass is 258 g/mol. The van der Waals surface area contributed by atoms with E-state index in [4.69, 9.17) is 0 Å². The quantitative estimate of drug-likeness (QED) is 0.823. The molecule has 19 heavy (non-hydrogen) atoms. The third-order valence-corrected chi connectivity index (χ3v) is 3.16. The van der Waals surface area contributed by atoms with E-state index in [9.17, 15) is 9.59 Å². The number of benzene rings is 1. The number of carbonyl (C=O) groups excluding carboxylic acids is 1. The molecule has 6 nitrogen and oxygen atoms in total. The number of aromatic nitrogens is 3. The lowest BCUT2D eigenvalue weighted by Gasteiger charge is -2.12. The molecule has 1 aliphatic rings. The van der Waals surface area contributed by atoms with Gasteiger partial charge in [0.25, 0.3) is 5.91 Å². The zero-order valence-corrected chi connectivity index (χ0v) is 10.6. The van der Waals surface area contributed by atoms with Crippen molar-refractivity contribution in [2.24, 2.45) is 0 Å². The number of fused-ring (bicyclic) bond motifs is 1. The third kappa shape index (κ3) is 1.95. The van der Waals surface area contributed by atoms with Crippen molar-refractivity contribution >= 4 is 11.9 Å². The molecule has 6 heteroatoms. The van der Waals surface area contributed by atoms with E-state index in [2.05, 4.69) is 10.4 Å². The second-order valence-electron chi connectivity index (χ2n) is 4.62. The Labute approximate surface area is 109 Å². The van der Waals surface area contributed by atoms with Gasteiger partial charge in [-0.1, -0.05) is 17.7 Å². The summed E-state index contributed by atoms with van der Waals surface area (Å²) in [5.74, 6) is 0.0784. The summed E-state index contributed by atoms with van der Waals surface area (Å²) in [6, 6.07) is 7.13. The first kappa shape index (κ1) is 11.7. The normalized spacial score (nSPS) is 13.7. The van der Waals surface area contributed by atoms with E-state index in [0.717, 1.165) is 23.2 Å². The van der Waals surface area contributed by atoms with E-state index in [0.29, 0.717) is 18.1 Å². The highest BCUT2D eigenvalue weighted by Gasteiger charge is 2.21. The minimum atomic E-state index is -0.391. The van der Waals surface area contributed by atoms with Gasteiger partial charge in [-0.05, 0) is 25.5 Å². The molecule has 1 aromatic heterocycles. The molecule has 2 heterocycles. The van der Waals surface area contributed by atoms with Crippen LogP contribution in [0.15, 0.2) is 29.1 Å². The highest BCUT2D eigenvalue weighted by molar-refractivity contribution is 5.95. The standard InChI is InChI=1S/C13H14N4O2/c1-9-4-2-5-10(8-9)11(18)17-13(19)16-7-3-6-14-12(16)15-17/h2,4-5,8H,3,6-7H2,1H3,(H,14,15). The van der Waals surface area contributed by atoms with E-state index in [-0.39, 0.29) is 5.69 Å². The topological polar surface area (TPSA) is 68.9 Å². The average Bonchev–Trinajstić information content (AvgIpc) is 2.76. The van der Waals surface area contributed by atoms with E-state index in [1.54, 1.807) is 18.2 Å². The van der Waals surface area contributed by atoms with E-state index in [1.807, 2.05) is 13.0 Å². The van der Waals surface area contributed by atoms with Gasteiger partial charge in [0.1, 0.15) is 0 Å². The Morgan fingerprint density at radius 3 is 3.00 bits per heavy atom. The molecule has 0 bridgehead atoms. The lowest BCUT2D eigenvalue weighted by atomic mass is 10.1. The first-order chi connectivity index (χ1) is 9.16. The molecule has 0 spiro atoms. The number of anilines is 1. The van der Waals surface area contributed by atoms with Crippen molar-refractivity contribution in [2.45, 2.75) is 19.9 Å². The summed E-state index contributed by atoms with van der Waals surface area (Å²) in [4.78, 5) is 24.4. The average molecular weight is 258 g/mol. The third-order valence-electron chi connectivity index (χ3n) is 3.16. The molecule has 0 amide bonds. The molecule has 1 aliphatic heterocycles. The Bertz CT molecular complexity index is 699. The van der Waals surface area contributed by atoms with Gasteiger partial charge in [0, 0.05) is 18.7 Å². The Hall–Kier alpha value is -2.37. The highest BCUT2D eigenvalue weighted by atomic mass is 16.2. The maximum absolute atomic E-state index is 12.3. The maximum Gasteiger partial charge on any atom is 0.355 e. The van der Waals surface area contributed by atoms with E-state index in [1.165, 1.54) is 4.57 Å². The van der Waals surface area contributed by atoms with Crippen LogP contribution in [0.2, 0.25) is 0 Å². The minimum absolute atomic E-state index is 0.381. The molecule has 0 saturated carbocycles. The van der Waals surface area contributed by atoms with Crippen molar-refractivity contribution in [1.29, 1.82) is 0 Å². The number of rotatable bonds is 1. The molecule has 98 valence electrons. The summed E-state index contributed by atoms with van der Waals surface area (Å²) < 4.78 is 2.43. The molecule has 1 aromatic carbocycles. The lowest BCUT2D eigenvalue weighted by Crippen LogP contribution is -2.31. The molecule has 0 fully saturated rings. The van der Waals surface area contributed by atoms with Crippen LogP contribution in [0, 0.1) is 6.92 Å². The summed E-state index contributed by atoms with van der Waals surface area (Å²) in [6.45, 7) is 3.27. The number of nitrogens with one attached hydrogen (secondary N) is 1. The molecule has 0 radical (unpaired) electrons. The fourth-order valence-corrected chi connectivity index (χ4v) is 2.20. The molecule has 0 unspecified atom stereocenters.